The van der Waals surface area contributed by atoms with Crippen molar-refractivity contribution in [3.63, 3.8) is 0 Å². The number of nitrogens with zero attached hydrogens (tertiary/aromatic N) is 1. The van der Waals surface area contributed by atoms with Gasteiger partial charge in [0.2, 0.25) is 0 Å². The van der Waals surface area contributed by atoms with Crippen LogP contribution in [-0.2, 0) is 9.53 Å². The van der Waals surface area contributed by atoms with Crippen LogP contribution in [-0.4, -0.2) is 46.8 Å². The molecule has 1 fully saturated rings. The third-order valence-electron chi connectivity index (χ3n) is 3.17. The number of nitrogens with two attached hydrogens (primary N) is 1. The van der Waals surface area contributed by atoms with Gasteiger partial charge >= 0.3 is 12.1 Å². The van der Waals surface area contributed by atoms with E-state index in [0.29, 0.717) is 25.9 Å². The minimum atomic E-state index is -0.832. The lowest BCUT2D eigenvalue weighted by atomic mass is 9.89. The molecule has 2 unspecified atom stereocenters. The van der Waals surface area contributed by atoms with E-state index in [9.17, 15) is 9.59 Å². The van der Waals surface area contributed by atoms with Crippen molar-refractivity contribution >= 4 is 12.1 Å². The number of carboxylic acids is 1. The summed E-state index contributed by atoms with van der Waals surface area (Å²) in [6, 6.07) is -0.0435. The number of hydrogen-bond donors (Lipinski definition) is 2. The first-order chi connectivity index (χ1) is 8.69. The number of carbonyl (C=O) groups excluding carboxylic acids is 1. The SMILES string of the molecule is CC(C)(C)OC(=O)N1CCC(N)C(CCC(=O)O)C1. The molecule has 1 aliphatic rings. The number of likely N-dealkylation sites (tertiary alicyclic amines) is 1. The fourth-order valence-electron chi connectivity index (χ4n) is 2.16. The number of piperidine rings is 1. The number of carbonyl (C=O) groups is 2. The maximum atomic E-state index is 12.0. The molecule has 0 radical (unpaired) electrons. The molecule has 0 saturated carbocycles. The maximum absolute atomic E-state index is 12.0. The first-order valence-corrected chi connectivity index (χ1v) is 6.64. The topological polar surface area (TPSA) is 92.9 Å². The first-order valence-electron chi connectivity index (χ1n) is 6.64. The fraction of sp³-hybridized carbons (Fsp3) is 0.846. The largest absolute Gasteiger partial charge is 0.481 e. The Kier molecular flexibility index (Phi) is 5.17. The zero-order valence-electron chi connectivity index (χ0n) is 11.9. The second-order valence-electron chi connectivity index (χ2n) is 6.07. The van der Waals surface area contributed by atoms with Gasteiger partial charge in [-0.05, 0) is 39.5 Å². The van der Waals surface area contributed by atoms with Crippen LogP contribution in [0.5, 0.6) is 0 Å². The predicted octanol–water partition coefficient (Wildman–Crippen LogP) is 1.44. The molecule has 6 nitrogen and oxygen atoms in total. The van der Waals surface area contributed by atoms with Crippen molar-refractivity contribution in [2.24, 2.45) is 11.7 Å². The number of aliphatic carboxylic acids is 1. The molecule has 1 saturated heterocycles. The summed E-state index contributed by atoms with van der Waals surface area (Å²) in [5, 5.41) is 8.71. The van der Waals surface area contributed by atoms with Crippen molar-refractivity contribution in [3.05, 3.63) is 0 Å². The molecule has 1 aliphatic heterocycles. The van der Waals surface area contributed by atoms with E-state index in [1.54, 1.807) is 4.90 Å². The van der Waals surface area contributed by atoms with Crippen LogP contribution >= 0.6 is 0 Å². The Hall–Kier alpha value is -1.30. The van der Waals surface area contributed by atoms with Crippen molar-refractivity contribution in [2.45, 2.75) is 51.7 Å². The van der Waals surface area contributed by atoms with Crippen molar-refractivity contribution in [2.75, 3.05) is 13.1 Å². The van der Waals surface area contributed by atoms with Gasteiger partial charge in [0.25, 0.3) is 0 Å². The maximum Gasteiger partial charge on any atom is 0.410 e. The van der Waals surface area contributed by atoms with Crippen molar-refractivity contribution in [1.29, 1.82) is 0 Å². The molecule has 110 valence electrons. The lowest BCUT2D eigenvalue weighted by molar-refractivity contribution is -0.137. The van der Waals surface area contributed by atoms with Crippen LogP contribution in [0.4, 0.5) is 4.79 Å². The van der Waals surface area contributed by atoms with Crippen molar-refractivity contribution in [3.8, 4) is 0 Å². The van der Waals surface area contributed by atoms with Gasteiger partial charge in [0.15, 0.2) is 0 Å². The summed E-state index contributed by atoms with van der Waals surface area (Å²) in [4.78, 5) is 24.2. The normalized spacial score (nSPS) is 24.1. The summed E-state index contributed by atoms with van der Waals surface area (Å²) in [5.41, 5.74) is 5.46. The van der Waals surface area contributed by atoms with Crippen LogP contribution in [0.1, 0.15) is 40.0 Å². The van der Waals surface area contributed by atoms with Crippen LogP contribution in [0.2, 0.25) is 0 Å². The van der Waals surface area contributed by atoms with E-state index in [1.165, 1.54) is 0 Å². The molecule has 1 amide bonds. The van der Waals surface area contributed by atoms with Crippen LogP contribution in [0.25, 0.3) is 0 Å². The fourth-order valence-corrected chi connectivity index (χ4v) is 2.16. The minimum absolute atomic E-state index is 0.0253. The lowest BCUT2D eigenvalue weighted by Crippen LogP contribution is -2.50. The molecule has 1 heterocycles. The highest BCUT2D eigenvalue weighted by molar-refractivity contribution is 5.68. The van der Waals surface area contributed by atoms with Gasteiger partial charge in [-0.2, -0.15) is 0 Å². The average Bonchev–Trinajstić information content (AvgIpc) is 2.25. The molecular weight excluding hydrogens is 248 g/mol. The van der Waals surface area contributed by atoms with E-state index in [1.807, 2.05) is 20.8 Å². The zero-order chi connectivity index (χ0) is 14.6. The van der Waals surface area contributed by atoms with Gasteiger partial charge in [-0.25, -0.2) is 4.79 Å². The summed E-state index contributed by atoms with van der Waals surface area (Å²) < 4.78 is 5.32. The van der Waals surface area contributed by atoms with Gasteiger partial charge in [-0.1, -0.05) is 0 Å². The molecule has 0 bridgehead atoms. The number of ether oxygens (including phenoxy) is 1. The Morgan fingerprint density at radius 2 is 2.05 bits per heavy atom. The van der Waals surface area contributed by atoms with Gasteiger partial charge in [-0.3, -0.25) is 4.79 Å². The van der Waals surface area contributed by atoms with E-state index in [-0.39, 0.29) is 24.5 Å². The monoisotopic (exact) mass is 272 g/mol. The highest BCUT2D eigenvalue weighted by Gasteiger charge is 2.31. The van der Waals surface area contributed by atoms with E-state index >= 15 is 0 Å². The minimum Gasteiger partial charge on any atom is -0.481 e. The standard InChI is InChI=1S/C13H24N2O4/c1-13(2,3)19-12(18)15-7-6-10(14)9(8-15)4-5-11(16)17/h9-10H,4-8,14H2,1-3H3,(H,16,17). The molecule has 3 N–H and O–H groups in total. The van der Waals surface area contributed by atoms with E-state index in [0.717, 1.165) is 0 Å². The Labute approximate surface area is 113 Å². The molecule has 0 aromatic carbocycles. The van der Waals surface area contributed by atoms with Crippen LogP contribution in [0.15, 0.2) is 0 Å². The van der Waals surface area contributed by atoms with E-state index < -0.39 is 11.6 Å². The zero-order valence-corrected chi connectivity index (χ0v) is 11.9. The molecular formula is C13H24N2O4. The molecule has 19 heavy (non-hydrogen) atoms. The molecule has 0 aliphatic carbocycles. The van der Waals surface area contributed by atoms with Crippen molar-refractivity contribution < 1.29 is 19.4 Å². The lowest BCUT2D eigenvalue weighted by Gasteiger charge is -2.37. The number of amides is 1. The van der Waals surface area contributed by atoms with Crippen LogP contribution in [0, 0.1) is 5.92 Å². The summed E-state index contributed by atoms with van der Waals surface area (Å²) in [6.45, 7) is 6.51. The van der Waals surface area contributed by atoms with Gasteiger partial charge in [0.05, 0.1) is 0 Å². The Bertz CT molecular complexity index is 338. The molecule has 1 rings (SSSR count). The second kappa shape index (κ2) is 6.23. The molecule has 0 aromatic rings. The Balaban J connectivity index is 2.53. The van der Waals surface area contributed by atoms with Gasteiger partial charge in [0, 0.05) is 25.6 Å². The third-order valence-corrected chi connectivity index (χ3v) is 3.17. The Morgan fingerprint density at radius 1 is 1.42 bits per heavy atom. The van der Waals surface area contributed by atoms with Gasteiger partial charge < -0.3 is 20.5 Å². The summed E-state index contributed by atoms with van der Waals surface area (Å²) in [5.74, 6) is -0.807. The molecule has 6 heteroatoms. The van der Waals surface area contributed by atoms with Crippen molar-refractivity contribution in [1.82, 2.24) is 4.90 Å². The first kappa shape index (κ1) is 15.8. The quantitative estimate of drug-likeness (QED) is 0.810. The third kappa shape index (κ3) is 5.46. The highest BCUT2D eigenvalue weighted by atomic mass is 16.6. The van der Waals surface area contributed by atoms with Crippen LogP contribution < -0.4 is 5.73 Å². The van der Waals surface area contributed by atoms with E-state index in [4.69, 9.17) is 15.6 Å². The van der Waals surface area contributed by atoms with Gasteiger partial charge in [0.1, 0.15) is 5.60 Å². The molecule has 0 aromatic heterocycles. The highest BCUT2D eigenvalue weighted by Crippen LogP contribution is 2.22. The average molecular weight is 272 g/mol. The summed E-state index contributed by atoms with van der Waals surface area (Å²) in [6.07, 6.45) is 0.916. The summed E-state index contributed by atoms with van der Waals surface area (Å²) in [7, 11) is 0. The predicted molar refractivity (Wildman–Crippen MR) is 70.8 cm³/mol. The summed E-state index contributed by atoms with van der Waals surface area (Å²) >= 11 is 0. The number of hydrogen-bond acceptors (Lipinski definition) is 4. The Morgan fingerprint density at radius 3 is 2.58 bits per heavy atom. The molecule has 0 spiro atoms. The number of carboxylic acid groups (broad SMARTS) is 1. The smallest absolute Gasteiger partial charge is 0.410 e. The number of rotatable bonds is 3. The second-order valence-corrected chi connectivity index (χ2v) is 6.07. The van der Waals surface area contributed by atoms with E-state index in [2.05, 4.69) is 0 Å². The van der Waals surface area contributed by atoms with Gasteiger partial charge in [-0.15, -0.1) is 0 Å². The molecule has 2 atom stereocenters. The van der Waals surface area contributed by atoms with Crippen LogP contribution in [0.3, 0.4) is 0 Å².